The Bertz CT molecular complexity index is 975. The standard InChI is InChI=1S/C19H23N7O/c1-13-9-18-22-12-16(14(2)26(18)24-13)19(27)23-11-15-3-4-21-17(10-15)25-7-5-20-6-8-25/h3-4,9-10,12,20H,5-8,11H2,1-2H3,(H,23,27). The average molecular weight is 365 g/mol. The van der Waals surface area contributed by atoms with Gasteiger partial charge in [-0.2, -0.15) is 5.10 Å². The number of aryl methyl sites for hydroxylation is 2. The van der Waals surface area contributed by atoms with Crippen LogP contribution in [-0.2, 0) is 6.54 Å². The molecule has 1 amide bonds. The Morgan fingerprint density at radius 3 is 2.85 bits per heavy atom. The monoisotopic (exact) mass is 365 g/mol. The van der Waals surface area contributed by atoms with E-state index in [9.17, 15) is 4.79 Å². The van der Waals surface area contributed by atoms with Crippen molar-refractivity contribution in [3.63, 3.8) is 0 Å². The van der Waals surface area contributed by atoms with Gasteiger partial charge in [-0.05, 0) is 31.5 Å². The zero-order valence-corrected chi connectivity index (χ0v) is 15.6. The van der Waals surface area contributed by atoms with Crippen LogP contribution in [0.5, 0.6) is 0 Å². The van der Waals surface area contributed by atoms with Crippen LogP contribution in [0.2, 0.25) is 0 Å². The van der Waals surface area contributed by atoms with Gasteiger partial charge in [-0.3, -0.25) is 4.79 Å². The van der Waals surface area contributed by atoms with Gasteiger partial charge in [-0.15, -0.1) is 0 Å². The fourth-order valence-electron chi connectivity index (χ4n) is 3.30. The highest BCUT2D eigenvalue weighted by molar-refractivity contribution is 5.95. The van der Waals surface area contributed by atoms with Gasteiger partial charge in [0.25, 0.3) is 5.91 Å². The second kappa shape index (κ2) is 7.32. The number of hydrogen-bond acceptors (Lipinski definition) is 6. The maximum absolute atomic E-state index is 12.6. The molecule has 3 aromatic rings. The number of carbonyl (C=O) groups excluding carboxylic acids is 1. The first-order chi connectivity index (χ1) is 13.1. The molecular weight excluding hydrogens is 342 g/mol. The number of rotatable bonds is 4. The molecule has 8 nitrogen and oxygen atoms in total. The van der Waals surface area contributed by atoms with Crippen LogP contribution in [0.15, 0.2) is 30.6 Å². The van der Waals surface area contributed by atoms with E-state index in [1.165, 1.54) is 0 Å². The summed E-state index contributed by atoms with van der Waals surface area (Å²) in [5, 5.41) is 10.7. The third-order valence-corrected chi connectivity index (χ3v) is 4.79. The molecule has 27 heavy (non-hydrogen) atoms. The molecule has 1 aliphatic rings. The van der Waals surface area contributed by atoms with E-state index in [1.807, 2.05) is 32.0 Å². The summed E-state index contributed by atoms with van der Waals surface area (Å²) >= 11 is 0. The van der Waals surface area contributed by atoms with Gasteiger partial charge >= 0.3 is 0 Å². The maximum atomic E-state index is 12.6. The number of anilines is 1. The summed E-state index contributed by atoms with van der Waals surface area (Å²) in [7, 11) is 0. The van der Waals surface area contributed by atoms with E-state index in [1.54, 1.807) is 16.9 Å². The molecule has 1 fully saturated rings. The number of hydrogen-bond donors (Lipinski definition) is 2. The predicted molar refractivity (Wildman–Crippen MR) is 103 cm³/mol. The van der Waals surface area contributed by atoms with Gasteiger partial charge in [-0.1, -0.05) is 0 Å². The summed E-state index contributed by atoms with van der Waals surface area (Å²) in [5.74, 6) is 0.796. The van der Waals surface area contributed by atoms with Crippen molar-refractivity contribution in [2.75, 3.05) is 31.1 Å². The smallest absolute Gasteiger partial charge is 0.254 e. The largest absolute Gasteiger partial charge is 0.354 e. The highest BCUT2D eigenvalue weighted by Crippen LogP contribution is 2.14. The van der Waals surface area contributed by atoms with Crippen molar-refractivity contribution in [2.45, 2.75) is 20.4 Å². The summed E-state index contributed by atoms with van der Waals surface area (Å²) in [6, 6.07) is 5.86. The third kappa shape index (κ3) is 3.61. The van der Waals surface area contributed by atoms with Crippen molar-refractivity contribution in [3.8, 4) is 0 Å². The highest BCUT2D eigenvalue weighted by atomic mass is 16.1. The molecule has 0 atom stereocenters. The van der Waals surface area contributed by atoms with Gasteiger partial charge in [0.15, 0.2) is 5.65 Å². The van der Waals surface area contributed by atoms with E-state index in [4.69, 9.17) is 0 Å². The predicted octanol–water partition coefficient (Wildman–Crippen LogP) is 1.08. The lowest BCUT2D eigenvalue weighted by atomic mass is 10.2. The van der Waals surface area contributed by atoms with E-state index in [-0.39, 0.29) is 5.91 Å². The van der Waals surface area contributed by atoms with Crippen molar-refractivity contribution in [3.05, 3.63) is 53.1 Å². The molecule has 0 bridgehead atoms. The van der Waals surface area contributed by atoms with Gasteiger partial charge in [0.2, 0.25) is 0 Å². The molecule has 140 valence electrons. The van der Waals surface area contributed by atoms with E-state index >= 15 is 0 Å². The maximum Gasteiger partial charge on any atom is 0.254 e. The molecule has 0 saturated carbocycles. The summed E-state index contributed by atoms with van der Waals surface area (Å²) in [6.45, 7) is 8.04. The number of pyridine rings is 1. The summed E-state index contributed by atoms with van der Waals surface area (Å²) in [5.41, 5.74) is 3.95. The zero-order chi connectivity index (χ0) is 18.8. The minimum absolute atomic E-state index is 0.157. The third-order valence-electron chi connectivity index (χ3n) is 4.79. The zero-order valence-electron chi connectivity index (χ0n) is 15.6. The Morgan fingerprint density at radius 2 is 2.04 bits per heavy atom. The molecule has 3 aromatic heterocycles. The first-order valence-electron chi connectivity index (χ1n) is 9.12. The lowest BCUT2D eigenvalue weighted by molar-refractivity contribution is 0.0949. The number of aromatic nitrogens is 4. The van der Waals surface area contributed by atoms with Crippen LogP contribution in [0.25, 0.3) is 5.65 Å². The number of fused-ring (bicyclic) bond motifs is 1. The second-order valence-corrected chi connectivity index (χ2v) is 6.76. The number of nitrogens with one attached hydrogen (secondary N) is 2. The van der Waals surface area contributed by atoms with Gasteiger partial charge in [0, 0.05) is 51.2 Å². The fourth-order valence-corrected chi connectivity index (χ4v) is 3.30. The van der Waals surface area contributed by atoms with Crippen LogP contribution in [-0.4, -0.2) is 51.7 Å². The molecule has 8 heteroatoms. The lowest BCUT2D eigenvalue weighted by Gasteiger charge is -2.28. The topological polar surface area (TPSA) is 87.5 Å². The lowest BCUT2D eigenvalue weighted by Crippen LogP contribution is -2.43. The van der Waals surface area contributed by atoms with E-state index in [2.05, 4.69) is 30.6 Å². The van der Waals surface area contributed by atoms with Gasteiger partial charge < -0.3 is 15.5 Å². The average Bonchev–Trinajstić information content (AvgIpc) is 3.09. The van der Waals surface area contributed by atoms with E-state index in [0.29, 0.717) is 12.1 Å². The molecule has 4 rings (SSSR count). The number of amides is 1. The quantitative estimate of drug-likeness (QED) is 0.719. The van der Waals surface area contributed by atoms with Crippen LogP contribution >= 0.6 is 0 Å². The summed E-state index contributed by atoms with van der Waals surface area (Å²) in [4.78, 5) is 23.7. The molecule has 1 saturated heterocycles. The van der Waals surface area contributed by atoms with E-state index < -0.39 is 0 Å². The first-order valence-corrected chi connectivity index (χ1v) is 9.12. The minimum atomic E-state index is -0.157. The molecule has 0 radical (unpaired) electrons. The van der Waals surface area contributed by atoms with Crippen LogP contribution in [0.3, 0.4) is 0 Å². The Kier molecular flexibility index (Phi) is 4.72. The number of carbonyl (C=O) groups is 1. The Morgan fingerprint density at radius 1 is 1.22 bits per heavy atom. The molecule has 0 unspecified atom stereocenters. The van der Waals surface area contributed by atoms with E-state index in [0.717, 1.165) is 54.6 Å². The van der Waals surface area contributed by atoms with Crippen molar-refractivity contribution in [1.29, 1.82) is 0 Å². The van der Waals surface area contributed by atoms with Crippen molar-refractivity contribution < 1.29 is 4.79 Å². The fraction of sp³-hybridized carbons (Fsp3) is 0.368. The van der Waals surface area contributed by atoms with Crippen LogP contribution in [0, 0.1) is 13.8 Å². The SMILES string of the molecule is Cc1cc2ncc(C(=O)NCc3ccnc(N4CCNCC4)c3)c(C)n2n1. The summed E-state index contributed by atoms with van der Waals surface area (Å²) < 4.78 is 1.71. The Balaban J connectivity index is 1.47. The van der Waals surface area contributed by atoms with Crippen molar-refractivity contribution in [2.24, 2.45) is 0 Å². The molecule has 1 aliphatic heterocycles. The highest BCUT2D eigenvalue weighted by Gasteiger charge is 2.15. The second-order valence-electron chi connectivity index (χ2n) is 6.76. The normalized spacial score (nSPS) is 14.5. The molecule has 0 spiro atoms. The van der Waals surface area contributed by atoms with Gasteiger partial charge in [0.05, 0.1) is 17.0 Å². The molecule has 2 N–H and O–H groups in total. The van der Waals surface area contributed by atoms with Crippen LogP contribution in [0.4, 0.5) is 5.82 Å². The Labute approximate surface area is 157 Å². The van der Waals surface area contributed by atoms with Crippen molar-refractivity contribution >= 4 is 17.4 Å². The molecule has 0 aliphatic carbocycles. The van der Waals surface area contributed by atoms with Gasteiger partial charge in [-0.25, -0.2) is 14.5 Å². The first kappa shape index (κ1) is 17.4. The molecule has 0 aromatic carbocycles. The number of piperazine rings is 1. The summed E-state index contributed by atoms with van der Waals surface area (Å²) in [6.07, 6.45) is 3.41. The van der Waals surface area contributed by atoms with Crippen molar-refractivity contribution in [1.82, 2.24) is 30.2 Å². The Hall–Kier alpha value is -3.00. The van der Waals surface area contributed by atoms with Gasteiger partial charge in [0.1, 0.15) is 5.82 Å². The molecular formula is C19H23N7O. The van der Waals surface area contributed by atoms with Crippen LogP contribution < -0.4 is 15.5 Å². The molecule has 4 heterocycles. The van der Waals surface area contributed by atoms with Crippen LogP contribution in [0.1, 0.15) is 27.3 Å². The minimum Gasteiger partial charge on any atom is -0.354 e. The number of nitrogens with zero attached hydrogens (tertiary/aromatic N) is 5.